The molecule has 0 unspecified atom stereocenters. The van der Waals surface area contributed by atoms with E-state index in [0.717, 1.165) is 45.0 Å². The Labute approximate surface area is 183 Å². The van der Waals surface area contributed by atoms with Crippen LogP contribution < -0.4 is 4.90 Å². The van der Waals surface area contributed by atoms with Crippen molar-refractivity contribution < 1.29 is 9.53 Å². The molecule has 0 N–H and O–H groups in total. The molecular weight excluding hydrogens is 394 g/mol. The number of anilines is 1. The van der Waals surface area contributed by atoms with Gasteiger partial charge in [0.05, 0.1) is 24.8 Å². The Balaban J connectivity index is 1.41. The summed E-state index contributed by atoms with van der Waals surface area (Å²) in [6.45, 7) is 6.91. The van der Waals surface area contributed by atoms with Gasteiger partial charge in [-0.05, 0) is 25.5 Å². The van der Waals surface area contributed by atoms with Gasteiger partial charge in [0.2, 0.25) is 11.9 Å². The molecule has 1 amide bonds. The minimum absolute atomic E-state index is 0.242. The number of rotatable bonds is 4. The molecule has 166 valence electrons. The first-order valence-electron chi connectivity index (χ1n) is 11.2. The molecule has 9 nitrogen and oxygen atoms in total. The van der Waals surface area contributed by atoms with Gasteiger partial charge in [0.1, 0.15) is 0 Å². The molecule has 2 atom stereocenters. The summed E-state index contributed by atoms with van der Waals surface area (Å²) in [6, 6.07) is 1.84. The van der Waals surface area contributed by atoms with E-state index in [4.69, 9.17) is 4.74 Å². The molecule has 2 aromatic rings. The van der Waals surface area contributed by atoms with Crippen LogP contribution in [0.4, 0.5) is 5.95 Å². The molecule has 5 rings (SSSR count). The van der Waals surface area contributed by atoms with Gasteiger partial charge in [-0.15, -0.1) is 0 Å². The van der Waals surface area contributed by atoms with Gasteiger partial charge >= 0.3 is 0 Å². The zero-order valence-electron chi connectivity index (χ0n) is 18.2. The van der Waals surface area contributed by atoms with Gasteiger partial charge in [-0.2, -0.15) is 5.10 Å². The van der Waals surface area contributed by atoms with Crippen LogP contribution in [-0.2, 0) is 23.1 Å². The normalized spacial score (nSPS) is 27.2. The highest BCUT2D eigenvalue weighted by Crippen LogP contribution is 2.45. The Morgan fingerprint density at radius 2 is 2.00 bits per heavy atom. The van der Waals surface area contributed by atoms with Gasteiger partial charge in [-0.1, -0.05) is 0 Å². The SMILES string of the molecule is Cn1cc(CN2CCC[C@@]3(C(=O)N4CCOCC4)CN(c4ncccn4)C[C@H]3C2)cn1. The maximum absolute atomic E-state index is 13.9. The fraction of sp³-hybridized carbons (Fsp3) is 0.636. The highest BCUT2D eigenvalue weighted by Gasteiger charge is 2.54. The predicted molar refractivity (Wildman–Crippen MR) is 115 cm³/mol. The summed E-state index contributed by atoms with van der Waals surface area (Å²) < 4.78 is 7.36. The van der Waals surface area contributed by atoms with Crippen molar-refractivity contribution in [3.8, 4) is 0 Å². The number of nitrogens with zero attached hydrogens (tertiary/aromatic N) is 7. The number of ether oxygens (including phenoxy) is 1. The molecule has 9 heteroatoms. The highest BCUT2D eigenvalue weighted by molar-refractivity contribution is 5.85. The fourth-order valence-corrected chi connectivity index (χ4v) is 5.50. The van der Waals surface area contributed by atoms with Crippen LogP contribution >= 0.6 is 0 Å². The van der Waals surface area contributed by atoms with Crippen molar-refractivity contribution >= 4 is 11.9 Å². The predicted octanol–water partition coefficient (Wildman–Crippen LogP) is 0.788. The summed E-state index contributed by atoms with van der Waals surface area (Å²) >= 11 is 0. The van der Waals surface area contributed by atoms with Crippen molar-refractivity contribution in [2.75, 3.05) is 57.4 Å². The van der Waals surface area contributed by atoms with Crippen molar-refractivity contribution in [1.29, 1.82) is 0 Å². The summed E-state index contributed by atoms with van der Waals surface area (Å²) in [4.78, 5) is 29.6. The average Bonchev–Trinajstić information content (AvgIpc) is 3.33. The number of hydrogen-bond acceptors (Lipinski definition) is 7. The molecule has 3 fully saturated rings. The van der Waals surface area contributed by atoms with E-state index in [0.29, 0.717) is 38.8 Å². The quantitative estimate of drug-likeness (QED) is 0.716. The van der Waals surface area contributed by atoms with E-state index in [1.165, 1.54) is 5.56 Å². The minimum Gasteiger partial charge on any atom is -0.378 e. The fourth-order valence-electron chi connectivity index (χ4n) is 5.50. The largest absolute Gasteiger partial charge is 0.378 e. The lowest BCUT2D eigenvalue weighted by Gasteiger charge is -2.38. The Bertz CT molecular complexity index is 898. The van der Waals surface area contributed by atoms with Crippen molar-refractivity contribution in [2.24, 2.45) is 18.4 Å². The molecule has 31 heavy (non-hydrogen) atoms. The zero-order valence-corrected chi connectivity index (χ0v) is 18.2. The van der Waals surface area contributed by atoms with Crippen LogP contribution in [0.15, 0.2) is 30.9 Å². The molecule has 0 aromatic carbocycles. The van der Waals surface area contributed by atoms with Gasteiger partial charge < -0.3 is 14.5 Å². The second-order valence-corrected chi connectivity index (χ2v) is 9.05. The summed E-state index contributed by atoms with van der Waals surface area (Å²) in [5.74, 6) is 1.26. The first-order valence-corrected chi connectivity index (χ1v) is 11.2. The zero-order chi connectivity index (χ0) is 21.3. The third-order valence-electron chi connectivity index (χ3n) is 6.99. The number of likely N-dealkylation sites (tertiary alicyclic amines) is 1. The molecule has 3 aliphatic rings. The second kappa shape index (κ2) is 8.55. The van der Waals surface area contributed by atoms with Crippen LogP contribution in [0.3, 0.4) is 0 Å². The number of carbonyl (C=O) groups is 1. The minimum atomic E-state index is -0.389. The van der Waals surface area contributed by atoms with Crippen LogP contribution in [0.2, 0.25) is 0 Å². The van der Waals surface area contributed by atoms with Crippen molar-refractivity contribution in [3.63, 3.8) is 0 Å². The molecule has 0 bridgehead atoms. The van der Waals surface area contributed by atoms with E-state index in [1.807, 2.05) is 28.9 Å². The van der Waals surface area contributed by atoms with Crippen LogP contribution in [0.5, 0.6) is 0 Å². The van der Waals surface area contributed by atoms with E-state index in [2.05, 4.69) is 31.1 Å². The Morgan fingerprint density at radius 1 is 1.19 bits per heavy atom. The third kappa shape index (κ3) is 4.04. The summed E-state index contributed by atoms with van der Waals surface area (Å²) in [7, 11) is 1.95. The van der Waals surface area contributed by atoms with Crippen LogP contribution in [0.1, 0.15) is 18.4 Å². The molecule has 0 aliphatic carbocycles. The Hall–Kier alpha value is -2.52. The number of aryl methyl sites for hydroxylation is 1. The van der Waals surface area contributed by atoms with Crippen LogP contribution in [0.25, 0.3) is 0 Å². The van der Waals surface area contributed by atoms with E-state index >= 15 is 0 Å². The molecule has 0 radical (unpaired) electrons. The molecule has 2 aromatic heterocycles. The third-order valence-corrected chi connectivity index (χ3v) is 6.99. The van der Waals surface area contributed by atoms with Gasteiger partial charge in [0.25, 0.3) is 0 Å². The maximum atomic E-state index is 13.9. The molecule has 3 aliphatic heterocycles. The van der Waals surface area contributed by atoms with E-state index in [9.17, 15) is 4.79 Å². The number of amides is 1. The monoisotopic (exact) mass is 425 g/mol. The van der Waals surface area contributed by atoms with Crippen LogP contribution in [0, 0.1) is 11.3 Å². The lowest BCUT2D eigenvalue weighted by Crippen LogP contribution is -2.52. The molecule has 3 saturated heterocycles. The second-order valence-electron chi connectivity index (χ2n) is 9.05. The number of hydrogen-bond donors (Lipinski definition) is 0. The lowest BCUT2D eigenvalue weighted by molar-refractivity contribution is -0.148. The molecule has 5 heterocycles. The van der Waals surface area contributed by atoms with E-state index in [-0.39, 0.29) is 11.3 Å². The van der Waals surface area contributed by atoms with Gasteiger partial charge in [0, 0.05) is 76.4 Å². The van der Waals surface area contributed by atoms with Gasteiger partial charge in [0.15, 0.2) is 0 Å². The van der Waals surface area contributed by atoms with Crippen molar-refractivity contribution in [3.05, 3.63) is 36.4 Å². The molecular formula is C22H31N7O2. The topological polar surface area (TPSA) is 79.6 Å². The Kier molecular flexibility index (Phi) is 5.62. The number of fused-ring (bicyclic) bond motifs is 1. The summed E-state index contributed by atoms with van der Waals surface area (Å²) in [5.41, 5.74) is 0.830. The van der Waals surface area contributed by atoms with E-state index in [1.54, 1.807) is 12.4 Å². The maximum Gasteiger partial charge on any atom is 0.231 e. The van der Waals surface area contributed by atoms with Crippen molar-refractivity contribution in [1.82, 2.24) is 29.5 Å². The first kappa shape index (κ1) is 20.4. The standard InChI is InChI=1S/C22H31N7O2/c1-26-13-18(12-25-26)14-27-7-2-4-22(20(30)28-8-10-31-11-9-28)17-29(16-19(22)15-27)21-23-5-3-6-24-21/h3,5-6,12-13,19H,2,4,7-11,14-17H2,1H3/t19-,22-/m1/s1. The Morgan fingerprint density at radius 3 is 2.74 bits per heavy atom. The summed E-state index contributed by atoms with van der Waals surface area (Å²) in [6.07, 6.45) is 9.49. The van der Waals surface area contributed by atoms with Crippen LogP contribution in [-0.4, -0.2) is 87.9 Å². The number of aromatic nitrogens is 4. The molecule has 0 spiro atoms. The summed E-state index contributed by atoms with van der Waals surface area (Å²) in [5, 5.41) is 4.32. The van der Waals surface area contributed by atoms with Crippen molar-refractivity contribution in [2.45, 2.75) is 19.4 Å². The van der Waals surface area contributed by atoms with E-state index < -0.39 is 0 Å². The highest BCUT2D eigenvalue weighted by atomic mass is 16.5. The number of carbonyl (C=O) groups excluding carboxylic acids is 1. The lowest BCUT2D eigenvalue weighted by atomic mass is 9.73. The average molecular weight is 426 g/mol. The first-order chi connectivity index (χ1) is 15.1. The van der Waals surface area contributed by atoms with Gasteiger partial charge in [-0.3, -0.25) is 14.4 Å². The van der Waals surface area contributed by atoms with Gasteiger partial charge in [-0.25, -0.2) is 9.97 Å². The molecule has 0 saturated carbocycles. The smallest absolute Gasteiger partial charge is 0.231 e. The number of morpholine rings is 1.